The van der Waals surface area contributed by atoms with Gasteiger partial charge in [-0.25, -0.2) is 4.79 Å². The van der Waals surface area contributed by atoms with Gasteiger partial charge in [-0.1, -0.05) is 0 Å². The summed E-state index contributed by atoms with van der Waals surface area (Å²) in [5.41, 5.74) is 0.435. The first-order chi connectivity index (χ1) is 9.20. The Balaban J connectivity index is 1.93. The quantitative estimate of drug-likeness (QED) is 0.809. The molecule has 1 amide bonds. The number of hydrogen-bond donors (Lipinski definition) is 2. The van der Waals surface area contributed by atoms with Crippen LogP contribution >= 0.6 is 11.3 Å². The van der Waals surface area contributed by atoms with E-state index in [-0.39, 0.29) is 11.9 Å². The van der Waals surface area contributed by atoms with Crippen molar-refractivity contribution in [3.05, 3.63) is 17.0 Å². The zero-order valence-electron chi connectivity index (χ0n) is 10.9. The summed E-state index contributed by atoms with van der Waals surface area (Å²) in [5, 5.41) is 8.39. The molecule has 104 valence electrons. The fourth-order valence-corrected chi connectivity index (χ4v) is 2.90. The lowest BCUT2D eigenvalue weighted by Crippen LogP contribution is -2.19. The van der Waals surface area contributed by atoms with Gasteiger partial charge >= 0.3 is 5.97 Å². The number of rotatable bonds is 5. The van der Waals surface area contributed by atoms with E-state index in [9.17, 15) is 9.59 Å². The maximum atomic E-state index is 11.9. The van der Waals surface area contributed by atoms with Crippen molar-refractivity contribution in [2.24, 2.45) is 5.92 Å². The Kier molecular flexibility index (Phi) is 4.93. The summed E-state index contributed by atoms with van der Waals surface area (Å²) in [5.74, 6) is -0.0331. The van der Waals surface area contributed by atoms with Crippen molar-refractivity contribution >= 4 is 28.2 Å². The first kappa shape index (κ1) is 14.0. The number of esters is 1. The Morgan fingerprint density at radius 1 is 1.58 bits per heavy atom. The molecule has 19 heavy (non-hydrogen) atoms. The van der Waals surface area contributed by atoms with E-state index in [1.165, 1.54) is 11.3 Å². The van der Waals surface area contributed by atoms with E-state index in [0.717, 1.165) is 19.5 Å². The van der Waals surface area contributed by atoms with Crippen LogP contribution in [-0.4, -0.2) is 31.6 Å². The molecule has 1 atom stereocenters. The van der Waals surface area contributed by atoms with E-state index < -0.39 is 0 Å². The van der Waals surface area contributed by atoms with E-state index in [1.807, 2.05) is 0 Å². The van der Waals surface area contributed by atoms with Crippen LogP contribution in [0.1, 0.15) is 30.1 Å². The summed E-state index contributed by atoms with van der Waals surface area (Å²) in [4.78, 5) is 23.6. The van der Waals surface area contributed by atoms with Crippen molar-refractivity contribution in [1.82, 2.24) is 5.32 Å². The minimum atomic E-state index is -0.387. The topological polar surface area (TPSA) is 67.4 Å². The molecule has 2 N–H and O–H groups in total. The monoisotopic (exact) mass is 282 g/mol. The molecule has 1 aromatic heterocycles. The molecule has 0 bridgehead atoms. The fraction of sp³-hybridized carbons (Fsp3) is 0.538. The fourth-order valence-electron chi connectivity index (χ4n) is 2.10. The van der Waals surface area contributed by atoms with Crippen molar-refractivity contribution in [2.45, 2.75) is 19.8 Å². The minimum absolute atomic E-state index is 0.0401. The van der Waals surface area contributed by atoms with Gasteiger partial charge in [0, 0.05) is 6.42 Å². The van der Waals surface area contributed by atoms with Crippen LogP contribution in [0.2, 0.25) is 0 Å². The first-order valence-corrected chi connectivity index (χ1v) is 7.34. The predicted molar refractivity (Wildman–Crippen MR) is 74.5 cm³/mol. The highest BCUT2D eigenvalue weighted by Gasteiger charge is 2.20. The lowest BCUT2D eigenvalue weighted by molar-refractivity contribution is -0.116. The van der Waals surface area contributed by atoms with Crippen LogP contribution in [0.5, 0.6) is 0 Å². The smallest absolute Gasteiger partial charge is 0.341 e. The van der Waals surface area contributed by atoms with Crippen LogP contribution < -0.4 is 10.6 Å². The molecule has 2 heterocycles. The molecule has 0 spiro atoms. The zero-order chi connectivity index (χ0) is 13.7. The van der Waals surface area contributed by atoms with E-state index in [0.29, 0.717) is 29.5 Å². The summed E-state index contributed by atoms with van der Waals surface area (Å²) in [6.45, 7) is 3.96. The van der Waals surface area contributed by atoms with Gasteiger partial charge in [0.1, 0.15) is 5.00 Å². The Morgan fingerprint density at radius 3 is 3.11 bits per heavy atom. The number of amides is 1. The second-order valence-corrected chi connectivity index (χ2v) is 5.41. The van der Waals surface area contributed by atoms with Crippen LogP contribution in [0.15, 0.2) is 11.4 Å². The maximum Gasteiger partial charge on any atom is 0.341 e. The van der Waals surface area contributed by atoms with Crippen molar-refractivity contribution in [3.63, 3.8) is 0 Å². The highest BCUT2D eigenvalue weighted by atomic mass is 32.1. The lowest BCUT2D eigenvalue weighted by Gasteiger charge is -2.09. The van der Waals surface area contributed by atoms with E-state index >= 15 is 0 Å². The number of hydrogen-bond acceptors (Lipinski definition) is 5. The van der Waals surface area contributed by atoms with Gasteiger partial charge < -0.3 is 15.4 Å². The highest BCUT2D eigenvalue weighted by molar-refractivity contribution is 7.14. The van der Waals surface area contributed by atoms with Gasteiger partial charge in [-0.05, 0) is 43.8 Å². The molecule has 2 rings (SSSR count). The summed E-state index contributed by atoms with van der Waals surface area (Å²) in [7, 11) is 0. The molecule has 1 aliphatic heterocycles. The van der Waals surface area contributed by atoms with Crippen molar-refractivity contribution in [1.29, 1.82) is 0 Å². The van der Waals surface area contributed by atoms with Crippen molar-refractivity contribution < 1.29 is 14.3 Å². The molecule has 0 saturated carbocycles. The van der Waals surface area contributed by atoms with Gasteiger partial charge in [0.25, 0.3) is 0 Å². The van der Waals surface area contributed by atoms with Crippen LogP contribution in [0.3, 0.4) is 0 Å². The number of thiophene rings is 1. The zero-order valence-corrected chi connectivity index (χ0v) is 11.7. The van der Waals surface area contributed by atoms with Crippen molar-refractivity contribution in [3.8, 4) is 0 Å². The van der Waals surface area contributed by atoms with Gasteiger partial charge in [-0.15, -0.1) is 11.3 Å². The average Bonchev–Trinajstić information content (AvgIpc) is 3.00. The Bertz CT molecular complexity index is 452. The molecular formula is C13H18N2O3S. The summed E-state index contributed by atoms with van der Waals surface area (Å²) in [6.07, 6.45) is 1.52. The van der Waals surface area contributed by atoms with Crippen LogP contribution in [0, 0.1) is 5.92 Å². The Morgan fingerprint density at radius 2 is 2.42 bits per heavy atom. The van der Waals surface area contributed by atoms with Gasteiger partial charge in [0.2, 0.25) is 5.91 Å². The van der Waals surface area contributed by atoms with Gasteiger partial charge in [-0.2, -0.15) is 0 Å². The normalized spacial score (nSPS) is 18.3. The highest BCUT2D eigenvalue weighted by Crippen LogP contribution is 2.25. The van der Waals surface area contributed by atoms with Crippen LogP contribution in [0.4, 0.5) is 5.00 Å². The largest absolute Gasteiger partial charge is 0.462 e. The number of carbonyl (C=O) groups is 2. The SMILES string of the molecule is CCOC(=O)c1ccsc1NC(=O)CC1CCNC1. The van der Waals surface area contributed by atoms with E-state index in [2.05, 4.69) is 10.6 Å². The Hall–Kier alpha value is -1.40. The Labute approximate surface area is 116 Å². The molecule has 1 unspecified atom stereocenters. The number of anilines is 1. The molecule has 0 radical (unpaired) electrons. The summed E-state index contributed by atoms with van der Waals surface area (Å²) >= 11 is 1.34. The molecule has 1 aromatic rings. The third kappa shape index (κ3) is 3.78. The predicted octanol–water partition coefficient (Wildman–Crippen LogP) is 1.86. The lowest BCUT2D eigenvalue weighted by atomic mass is 10.0. The minimum Gasteiger partial charge on any atom is -0.462 e. The maximum absolute atomic E-state index is 11.9. The van der Waals surface area contributed by atoms with Crippen molar-refractivity contribution in [2.75, 3.05) is 25.0 Å². The molecule has 1 saturated heterocycles. The summed E-state index contributed by atoms with van der Waals surface area (Å²) < 4.78 is 4.95. The molecule has 1 aliphatic rings. The second kappa shape index (κ2) is 6.68. The molecule has 5 nitrogen and oxygen atoms in total. The molecule has 0 aliphatic carbocycles. The molecule has 0 aromatic carbocycles. The van der Waals surface area contributed by atoms with Crippen LogP contribution in [-0.2, 0) is 9.53 Å². The second-order valence-electron chi connectivity index (χ2n) is 4.49. The molecule has 6 heteroatoms. The van der Waals surface area contributed by atoms with Gasteiger partial charge in [0.15, 0.2) is 0 Å². The number of ether oxygens (including phenoxy) is 1. The third-order valence-corrected chi connectivity index (χ3v) is 3.88. The van der Waals surface area contributed by atoms with E-state index in [4.69, 9.17) is 4.74 Å². The van der Waals surface area contributed by atoms with Gasteiger partial charge in [-0.3, -0.25) is 4.79 Å². The van der Waals surface area contributed by atoms with Gasteiger partial charge in [0.05, 0.1) is 12.2 Å². The van der Waals surface area contributed by atoms with Crippen LogP contribution in [0.25, 0.3) is 0 Å². The first-order valence-electron chi connectivity index (χ1n) is 6.46. The molecular weight excluding hydrogens is 264 g/mol. The standard InChI is InChI=1S/C13H18N2O3S/c1-2-18-13(17)10-4-6-19-12(10)15-11(16)7-9-3-5-14-8-9/h4,6,9,14H,2-3,5,7-8H2,1H3,(H,15,16). The number of carbonyl (C=O) groups excluding carboxylic acids is 2. The summed E-state index contributed by atoms with van der Waals surface area (Å²) in [6, 6.07) is 1.68. The average molecular weight is 282 g/mol. The third-order valence-electron chi connectivity index (χ3n) is 3.05. The van der Waals surface area contributed by atoms with E-state index in [1.54, 1.807) is 18.4 Å². The molecule has 1 fully saturated rings. The number of nitrogens with one attached hydrogen (secondary N) is 2.